The third-order valence-corrected chi connectivity index (χ3v) is 3.67. The minimum absolute atomic E-state index is 0.217. The van der Waals surface area contributed by atoms with E-state index in [1.165, 1.54) is 0 Å². The summed E-state index contributed by atoms with van der Waals surface area (Å²) in [6.07, 6.45) is 1.62. The number of anilines is 2. The lowest BCUT2D eigenvalue weighted by Crippen LogP contribution is -2.34. The summed E-state index contributed by atoms with van der Waals surface area (Å²) < 4.78 is 0. The van der Waals surface area contributed by atoms with Gasteiger partial charge in [-0.1, -0.05) is 23.7 Å². The third-order valence-electron chi connectivity index (χ3n) is 3.42. The summed E-state index contributed by atoms with van der Waals surface area (Å²) >= 11 is 5.84. The Balaban J connectivity index is 1.86. The van der Waals surface area contributed by atoms with Gasteiger partial charge in [-0.15, -0.1) is 0 Å². The van der Waals surface area contributed by atoms with Crippen molar-refractivity contribution in [2.24, 2.45) is 5.10 Å². The Bertz CT molecular complexity index is 696. The van der Waals surface area contributed by atoms with Gasteiger partial charge in [0.05, 0.1) is 6.21 Å². The SMILES string of the molecule is CC(Nc1ccc(Cl)cc1)C(=O)NN=Cc1ccc(N(C)C)cc1. The standard InChI is InChI=1S/C18H21ClN4O/c1-13(21-16-8-6-15(19)7-9-16)18(24)22-20-12-14-4-10-17(11-5-14)23(2)3/h4-13,21H,1-3H3,(H,22,24). The van der Waals surface area contributed by atoms with Crippen molar-refractivity contribution >= 4 is 35.1 Å². The quantitative estimate of drug-likeness (QED) is 0.624. The highest BCUT2D eigenvalue weighted by atomic mass is 35.5. The van der Waals surface area contributed by atoms with E-state index in [-0.39, 0.29) is 5.91 Å². The highest BCUT2D eigenvalue weighted by Crippen LogP contribution is 2.14. The lowest BCUT2D eigenvalue weighted by molar-refractivity contribution is -0.121. The minimum Gasteiger partial charge on any atom is -0.378 e. The van der Waals surface area contributed by atoms with Gasteiger partial charge in [-0.25, -0.2) is 5.43 Å². The molecule has 0 bridgehead atoms. The van der Waals surface area contributed by atoms with Crippen LogP contribution in [0.15, 0.2) is 53.6 Å². The van der Waals surface area contributed by atoms with Crippen molar-refractivity contribution in [2.75, 3.05) is 24.3 Å². The van der Waals surface area contributed by atoms with E-state index >= 15 is 0 Å². The molecular formula is C18H21ClN4O. The van der Waals surface area contributed by atoms with Crippen LogP contribution in [0.25, 0.3) is 0 Å². The molecule has 2 N–H and O–H groups in total. The zero-order chi connectivity index (χ0) is 17.5. The molecule has 0 heterocycles. The number of carbonyl (C=O) groups excluding carboxylic acids is 1. The zero-order valence-electron chi connectivity index (χ0n) is 14.0. The van der Waals surface area contributed by atoms with E-state index in [1.54, 1.807) is 25.3 Å². The molecular weight excluding hydrogens is 324 g/mol. The number of nitrogens with one attached hydrogen (secondary N) is 2. The van der Waals surface area contributed by atoms with Gasteiger partial charge in [0.1, 0.15) is 6.04 Å². The van der Waals surface area contributed by atoms with Crippen LogP contribution in [0.2, 0.25) is 5.02 Å². The first-order valence-electron chi connectivity index (χ1n) is 7.58. The topological polar surface area (TPSA) is 56.7 Å². The molecule has 0 fully saturated rings. The smallest absolute Gasteiger partial charge is 0.262 e. The molecule has 2 aromatic carbocycles. The van der Waals surface area contributed by atoms with Crippen LogP contribution in [-0.2, 0) is 4.79 Å². The number of benzene rings is 2. The maximum absolute atomic E-state index is 12.0. The molecule has 0 spiro atoms. The number of amides is 1. The Morgan fingerprint density at radius 3 is 2.33 bits per heavy atom. The molecule has 2 rings (SSSR count). The van der Waals surface area contributed by atoms with E-state index in [2.05, 4.69) is 15.8 Å². The first-order chi connectivity index (χ1) is 11.5. The van der Waals surface area contributed by atoms with Gasteiger partial charge < -0.3 is 10.2 Å². The lowest BCUT2D eigenvalue weighted by Gasteiger charge is -2.13. The van der Waals surface area contributed by atoms with Crippen LogP contribution in [0.3, 0.4) is 0 Å². The van der Waals surface area contributed by atoms with Crippen molar-refractivity contribution in [3.63, 3.8) is 0 Å². The Labute approximate surface area is 147 Å². The zero-order valence-corrected chi connectivity index (χ0v) is 14.7. The fraction of sp³-hybridized carbons (Fsp3) is 0.222. The molecule has 1 amide bonds. The largest absolute Gasteiger partial charge is 0.378 e. The van der Waals surface area contributed by atoms with Gasteiger partial charge in [-0.3, -0.25) is 4.79 Å². The fourth-order valence-corrected chi connectivity index (χ4v) is 2.11. The summed E-state index contributed by atoms with van der Waals surface area (Å²) in [5, 5.41) is 7.74. The third kappa shape index (κ3) is 5.28. The molecule has 0 aliphatic rings. The summed E-state index contributed by atoms with van der Waals surface area (Å²) in [6.45, 7) is 1.77. The summed E-state index contributed by atoms with van der Waals surface area (Å²) in [7, 11) is 3.97. The van der Waals surface area contributed by atoms with Crippen molar-refractivity contribution in [3.8, 4) is 0 Å². The molecule has 1 unspecified atom stereocenters. The average Bonchev–Trinajstić information content (AvgIpc) is 2.57. The Hall–Kier alpha value is -2.53. The molecule has 0 radical (unpaired) electrons. The van der Waals surface area contributed by atoms with Gasteiger partial charge in [0.25, 0.3) is 5.91 Å². The molecule has 126 valence electrons. The number of halogens is 1. The molecule has 0 aliphatic carbocycles. The maximum atomic E-state index is 12.0. The summed E-state index contributed by atoms with van der Waals surface area (Å²) in [5.41, 5.74) is 5.38. The van der Waals surface area contributed by atoms with E-state index < -0.39 is 6.04 Å². The van der Waals surface area contributed by atoms with E-state index in [4.69, 9.17) is 11.6 Å². The maximum Gasteiger partial charge on any atom is 0.262 e. The minimum atomic E-state index is -0.417. The number of hydrazone groups is 1. The van der Waals surface area contributed by atoms with Gasteiger partial charge in [-0.05, 0) is 48.9 Å². The van der Waals surface area contributed by atoms with Crippen molar-refractivity contribution in [1.29, 1.82) is 0 Å². The van der Waals surface area contributed by atoms with E-state index in [9.17, 15) is 4.79 Å². The number of carbonyl (C=O) groups is 1. The van der Waals surface area contributed by atoms with E-state index in [0.717, 1.165) is 16.9 Å². The normalized spacial score (nSPS) is 12.0. The molecule has 0 aromatic heterocycles. The molecule has 0 aliphatic heterocycles. The number of rotatable bonds is 6. The molecule has 1 atom stereocenters. The van der Waals surface area contributed by atoms with E-state index in [1.807, 2.05) is 55.4 Å². The summed E-state index contributed by atoms with van der Waals surface area (Å²) in [4.78, 5) is 14.0. The predicted octanol–water partition coefficient (Wildman–Crippen LogP) is 3.36. The summed E-state index contributed by atoms with van der Waals surface area (Å²) in [6, 6.07) is 14.6. The highest BCUT2D eigenvalue weighted by molar-refractivity contribution is 6.30. The van der Waals surface area contributed by atoms with Crippen molar-refractivity contribution in [3.05, 3.63) is 59.1 Å². The molecule has 6 heteroatoms. The van der Waals surface area contributed by atoms with E-state index in [0.29, 0.717) is 5.02 Å². The van der Waals surface area contributed by atoms with Crippen LogP contribution < -0.4 is 15.6 Å². The van der Waals surface area contributed by atoms with Crippen LogP contribution in [-0.4, -0.2) is 32.3 Å². The van der Waals surface area contributed by atoms with Gasteiger partial charge in [0.15, 0.2) is 0 Å². The summed E-state index contributed by atoms with van der Waals surface area (Å²) in [5.74, 6) is -0.217. The molecule has 0 saturated heterocycles. The Morgan fingerprint density at radius 1 is 1.12 bits per heavy atom. The first-order valence-corrected chi connectivity index (χ1v) is 7.96. The second kappa shape index (κ2) is 8.36. The van der Waals surface area contributed by atoms with Gasteiger partial charge in [0, 0.05) is 30.5 Å². The van der Waals surface area contributed by atoms with Crippen molar-refractivity contribution in [1.82, 2.24) is 5.43 Å². The Morgan fingerprint density at radius 2 is 1.75 bits per heavy atom. The van der Waals surface area contributed by atoms with Crippen molar-refractivity contribution < 1.29 is 4.79 Å². The fourth-order valence-electron chi connectivity index (χ4n) is 1.99. The number of hydrogen-bond acceptors (Lipinski definition) is 4. The second-order valence-corrected chi connectivity index (χ2v) is 6.03. The van der Waals surface area contributed by atoms with Gasteiger partial charge in [0.2, 0.25) is 0 Å². The van der Waals surface area contributed by atoms with Gasteiger partial charge >= 0.3 is 0 Å². The van der Waals surface area contributed by atoms with Crippen LogP contribution in [0.5, 0.6) is 0 Å². The number of hydrogen-bond donors (Lipinski definition) is 2. The predicted molar refractivity (Wildman–Crippen MR) is 101 cm³/mol. The molecule has 5 nitrogen and oxygen atoms in total. The number of nitrogens with zero attached hydrogens (tertiary/aromatic N) is 2. The monoisotopic (exact) mass is 344 g/mol. The van der Waals surface area contributed by atoms with Crippen molar-refractivity contribution in [2.45, 2.75) is 13.0 Å². The van der Waals surface area contributed by atoms with Gasteiger partial charge in [-0.2, -0.15) is 5.10 Å². The molecule has 2 aromatic rings. The van der Waals surface area contributed by atoms with Crippen LogP contribution in [0.1, 0.15) is 12.5 Å². The van der Waals surface area contributed by atoms with Crippen LogP contribution >= 0.6 is 11.6 Å². The first kappa shape index (κ1) is 17.8. The highest BCUT2D eigenvalue weighted by Gasteiger charge is 2.11. The Kier molecular flexibility index (Phi) is 6.21. The lowest BCUT2D eigenvalue weighted by atomic mass is 10.2. The van der Waals surface area contributed by atoms with Crippen LogP contribution in [0.4, 0.5) is 11.4 Å². The van der Waals surface area contributed by atoms with Crippen LogP contribution in [0, 0.1) is 0 Å². The molecule has 24 heavy (non-hydrogen) atoms. The second-order valence-electron chi connectivity index (χ2n) is 5.59. The molecule has 0 saturated carbocycles. The average molecular weight is 345 g/mol.